The minimum Gasteiger partial charge on any atom is -0.481 e. The van der Waals surface area contributed by atoms with Crippen molar-refractivity contribution in [1.29, 1.82) is 5.26 Å². The summed E-state index contributed by atoms with van der Waals surface area (Å²) in [4.78, 5) is 10.9. The van der Waals surface area contributed by atoms with Gasteiger partial charge in [-0.1, -0.05) is 19.9 Å². The van der Waals surface area contributed by atoms with Crippen LogP contribution in [0, 0.1) is 28.6 Å². The highest BCUT2D eigenvalue weighted by Gasteiger charge is 2.60. The average molecular weight is 217 g/mol. The average Bonchev–Trinajstić information content (AvgIpc) is 2.75. The van der Waals surface area contributed by atoms with Crippen LogP contribution >= 0.6 is 0 Å². The number of carboxylic acids is 1. The van der Waals surface area contributed by atoms with E-state index in [4.69, 9.17) is 10.4 Å². The molecule has 0 amide bonds. The number of aliphatic carboxylic acids is 1. The number of nitriles is 1. The predicted octanol–water partition coefficient (Wildman–Crippen LogP) is 2.52. The molecule has 1 N–H and O–H groups in total. The molecule has 2 unspecified atom stereocenters. The third-order valence-electron chi connectivity index (χ3n) is 3.05. The molecular weight excluding hydrogens is 202 g/mol. The third-order valence-corrected chi connectivity index (χ3v) is 3.05. The highest BCUT2D eigenvalue weighted by Crippen LogP contribution is 2.58. The Morgan fingerprint density at radius 1 is 1.50 bits per heavy atom. The number of carbonyl (C=O) groups is 1. The molecule has 0 heterocycles. The Morgan fingerprint density at radius 2 is 2.12 bits per heavy atom. The molecule has 0 bridgehead atoms. The molecule has 1 aliphatic carbocycles. The van der Waals surface area contributed by atoms with E-state index in [1.165, 1.54) is 0 Å². The van der Waals surface area contributed by atoms with Gasteiger partial charge in [0.2, 0.25) is 0 Å². The van der Waals surface area contributed by atoms with Crippen LogP contribution in [0.5, 0.6) is 0 Å². The van der Waals surface area contributed by atoms with Crippen LogP contribution < -0.4 is 0 Å². The lowest BCUT2D eigenvalue weighted by Crippen LogP contribution is -2.02. The van der Waals surface area contributed by atoms with Crippen LogP contribution in [0.3, 0.4) is 0 Å². The number of nitrogens with zero attached hydrogens (tertiary/aromatic N) is 1. The normalized spacial score (nSPS) is 25.6. The summed E-state index contributed by atoms with van der Waals surface area (Å²) in [6.07, 6.45) is 5.12. The van der Waals surface area contributed by atoms with Gasteiger partial charge in [0.05, 0.1) is 11.5 Å². The van der Waals surface area contributed by atoms with Gasteiger partial charge >= 0.3 is 5.97 Å². The van der Waals surface area contributed by atoms with Crippen molar-refractivity contribution < 1.29 is 9.90 Å². The lowest BCUT2D eigenvalue weighted by molar-refractivity contribution is -0.139. The first kappa shape index (κ1) is 12.3. The maximum atomic E-state index is 10.9. The second kappa shape index (κ2) is 4.38. The molecule has 1 fully saturated rings. The summed E-state index contributed by atoms with van der Waals surface area (Å²) in [6.45, 7) is 5.65. The number of hydrogen-bond donors (Lipinski definition) is 1. The first-order valence-electron chi connectivity index (χ1n) is 5.17. The molecule has 3 heteroatoms. The van der Waals surface area contributed by atoms with Crippen LogP contribution in [0.1, 0.15) is 20.8 Å². The van der Waals surface area contributed by atoms with Crippen LogP contribution in [-0.4, -0.2) is 11.1 Å². The zero-order valence-corrected chi connectivity index (χ0v) is 9.69. The summed E-state index contributed by atoms with van der Waals surface area (Å²) in [5.41, 5.74) is 3.05. The molecule has 1 aliphatic rings. The van der Waals surface area contributed by atoms with Gasteiger partial charge in [0.1, 0.15) is 6.07 Å². The molecule has 0 saturated heterocycles. The number of hydrogen-bond acceptors (Lipinski definition) is 2. The van der Waals surface area contributed by atoms with E-state index >= 15 is 0 Å². The summed E-state index contributed by atoms with van der Waals surface area (Å²) in [7, 11) is 0. The molecule has 0 radical (unpaired) electrons. The van der Waals surface area contributed by atoms with Gasteiger partial charge in [-0.25, -0.2) is 0 Å². The van der Waals surface area contributed by atoms with Crippen molar-refractivity contribution in [3.8, 4) is 6.07 Å². The molecule has 0 spiro atoms. The van der Waals surface area contributed by atoms with E-state index in [1.54, 1.807) is 18.2 Å². The van der Waals surface area contributed by atoms with E-state index < -0.39 is 5.97 Å². The van der Waals surface area contributed by atoms with Gasteiger partial charge in [0, 0.05) is 5.92 Å². The topological polar surface area (TPSA) is 61.1 Å². The molecule has 0 aromatic rings. The minimum atomic E-state index is -0.780. The second-order valence-corrected chi connectivity index (χ2v) is 4.50. The van der Waals surface area contributed by atoms with Crippen molar-refractivity contribution >= 4 is 5.97 Å². The van der Waals surface area contributed by atoms with Gasteiger partial charge in [-0.3, -0.25) is 4.79 Å². The molecular formula is C13H15NO2. The van der Waals surface area contributed by atoms with Crippen LogP contribution in [0.2, 0.25) is 0 Å². The lowest BCUT2D eigenvalue weighted by Gasteiger charge is -1.95. The minimum absolute atomic E-state index is 0.0291. The smallest absolute Gasteiger partial charge is 0.307 e. The molecule has 1 rings (SSSR count). The largest absolute Gasteiger partial charge is 0.481 e. The first-order chi connectivity index (χ1) is 7.45. The maximum absolute atomic E-state index is 10.9. The SMILES string of the molecule is CC=CC(=C=CC1C(C(=O)O)C1(C)C)C#N. The standard InChI is InChI=1S/C13H15NO2/c1-4-5-9(8-14)6-7-10-11(12(15)16)13(10,2)3/h4-5,7,10-11H,1-3H3,(H,15,16). The van der Waals surface area contributed by atoms with E-state index in [9.17, 15) is 4.79 Å². The summed E-state index contributed by atoms with van der Waals surface area (Å²) in [6, 6.07) is 2.00. The lowest BCUT2D eigenvalue weighted by atomic mass is 10.1. The molecule has 16 heavy (non-hydrogen) atoms. The number of carboxylic acid groups (broad SMARTS) is 1. The van der Waals surface area contributed by atoms with E-state index in [0.717, 1.165) is 0 Å². The zero-order valence-electron chi connectivity index (χ0n) is 9.69. The van der Waals surface area contributed by atoms with Crippen molar-refractivity contribution in [2.75, 3.05) is 0 Å². The molecule has 3 nitrogen and oxygen atoms in total. The summed E-state index contributed by atoms with van der Waals surface area (Å²) >= 11 is 0. The van der Waals surface area contributed by atoms with Crippen molar-refractivity contribution in [2.45, 2.75) is 20.8 Å². The van der Waals surface area contributed by atoms with Crippen LogP contribution in [0.25, 0.3) is 0 Å². The molecule has 0 aromatic carbocycles. The predicted molar refractivity (Wildman–Crippen MR) is 60.4 cm³/mol. The summed E-state index contributed by atoms with van der Waals surface area (Å²) in [5.74, 6) is -1.17. The fraction of sp³-hybridized carbons (Fsp3) is 0.462. The highest BCUT2D eigenvalue weighted by atomic mass is 16.4. The summed E-state index contributed by atoms with van der Waals surface area (Å²) in [5, 5.41) is 17.7. The molecule has 1 saturated carbocycles. The Hall–Kier alpha value is -1.78. The van der Waals surface area contributed by atoms with Gasteiger partial charge in [-0.05, 0) is 24.5 Å². The van der Waals surface area contributed by atoms with Gasteiger partial charge < -0.3 is 5.11 Å². The third kappa shape index (κ3) is 2.24. The Bertz CT molecular complexity index is 431. The number of rotatable bonds is 3. The van der Waals surface area contributed by atoms with Crippen molar-refractivity contribution in [3.05, 3.63) is 29.5 Å². The second-order valence-electron chi connectivity index (χ2n) is 4.50. The van der Waals surface area contributed by atoms with Crippen LogP contribution in [-0.2, 0) is 4.79 Å². The molecule has 0 aliphatic heterocycles. The molecule has 0 aromatic heterocycles. The Kier molecular flexibility index (Phi) is 3.37. The van der Waals surface area contributed by atoms with Gasteiger partial charge in [0.25, 0.3) is 0 Å². The monoisotopic (exact) mass is 217 g/mol. The van der Waals surface area contributed by atoms with E-state index in [1.807, 2.05) is 26.8 Å². The number of allylic oxidation sites excluding steroid dienone is 3. The molecule has 2 atom stereocenters. The zero-order chi connectivity index (χ0) is 12.3. The Morgan fingerprint density at radius 3 is 2.50 bits per heavy atom. The fourth-order valence-corrected chi connectivity index (χ4v) is 1.92. The van der Waals surface area contributed by atoms with Crippen molar-refractivity contribution in [1.82, 2.24) is 0 Å². The fourth-order valence-electron chi connectivity index (χ4n) is 1.92. The molecule has 84 valence electrons. The van der Waals surface area contributed by atoms with Crippen molar-refractivity contribution in [2.24, 2.45) is 17.3 Å². The van der Waals surface area contributed by atoms with Crippen LogP contribution in [0.15, 0.2) is 29.5 Å². The quantitative estimate of drug-likeness (QED) is 0.449. The van der Waals surface area contributed by atoms with E-state index in [2.05, 4.69) is 5.73 Å². The van der Waals surface area contributed by atoms with Gasteiger partial charge in [-0.15, -0.1) is 5.73 Å². The Balaban J connectivity index is 2.89. The van der Waals surface area contributed by atoms with E-state index in [-0.39, 0.29) is 17.3 Å². The van der Waals surface area contributed by atoms with Gasteiger partial charge in [0.15, 0.2) is 0 Å². The first-order valence-corrected chi connectivity index (χ1v) is 5.17. The van der Waals surface area contributed by atoms with Gasteiger partial charge in [-0.2, -0.15) is 5.26 Å². The van der Waals surface area contributed by atoms with Crippen molar-refractivity contribution in [3.63, 3.8) is 0 Å². The van der Waals surface area contributed by atoms with Crippen LogP contribution in [0.4, 0.5) is 0 Å². The summed E-state index contributed by atoms with van der Waals surface area (Å²) < 4.78 is 0. The van der Waals surface area contributed by atoms with E-state index in [0.29, 0.717) is 5.57 Å². The highest BCUT2D eigenvalue weighted by molar-refractivity contribution is 5.76. The maximum Gasteiger partial charge on any atom is 0.307 e. The Labute approximate surface area is 95.4 Å².